The van der Waals surface area contributed by atoms with E-state index in [1.54, 1.807) is 14.2 Å². The Labute approximate surface area is 198 Å². The molecule has 1 aliphatic rings. The van der Waals surface area contributed by atoms with Crippen LogP contribution in [0.2, 0.25) is 0 Å². The first-order valence-electron chi connectivity index (χ1n) is 10.6. The van der Waals surface area contributed by atoms with Crippen molar-refractivity contribution >= 4 is 41.5 Å². The molecule has 0 unspecified atom stereocenters. The molecule has 7 nitrogen and oxygen atoms in total. The number of benzene rings is 1. The molecule has 0 saturated heterocycles. The second-order valence-electron chi connectivity index (χ2n) is 7.67. The first-order valence-corrected chi connectivity index (χ1v) is 10.6. The number of likely N-dealkylation sites (N-methyl/N-ethyl adjacent to an activating group) is 1. The Balaban J connectivity index is 0.00000450. The normalized spacial score (nSPS) is 14.5. The first kappa shape index (κ1) is 26.6. The SMILES string of the molecule is CN=C(NCCN(C)CCCOC)NCc1cccc(NC(=O)C2CCCC2)c1.I. The summed E-state index contributed by atoms with van der Waals surface area (Å²) in [6.45, 7) is 4.21. The summed E-state index contributed by atoms with van der Waals surface area (Å²) in [6.07, 6.45) is 5.38. The van der Waals surface area contributed by atoms with Crippen molar-refractivity contribution < 1.29 is 9.53 Å². The molecule has 1 amide bonds. The summed E-state index contributed by atoms with van der Waals surface area (Å²) < 4.78 is 5.09. The van der Waals surface area contributed by atoms with E-state index in [0.717, 1.165) is 75.6 Å². The molecule has 2 rings (SSSR count). The fourth-order valence-electron chi connectivity index (χ4n) is 3.55. The molecular formula is C22H38IN5O2. The zero-order valence-electron chi connectivity index (χ0n) is 18.6. The standard InChI is InChI=1S/C22H37N5O2.HI/c1-23-22(24-12-14-27(2)13-7-15-29-3)25-17-18-8-6-11-20(16-18)26-21(28)19-9-4-5-10-19;/h6,8,11,16,19H,4-5,7,9-10,12-15,17H2,1-3H3,(H,26,28)(H2,23,24,25);1H. The van der Waals surface area contributed by atoms with Crippen molar-refractivity contribution in [3.63, 3.8) is 0 Å². The van der Waals surface area contributed by atoms with Crippen LogP contribution in [-0.2, 0) is 16.1 Å². The van der Waals surface area contributed by atoms with E-state index in [1.165, 1.54) is 0 Å². The van der Waals surface area contributed by atoms with Crippen molar-refractivity contribution in [3.8, 4) is 0 Å². The maximum atomic E-state index is 12.3. The van der Waals surface area contributed by atoms with E-state index in [0.29, 0.717) is 6.54 Å². The Bertz CT molecular complexity index is 650. The van der Waals surface area contributed by atoms with E-state index in [2.05, 4.69) is 39.0 Å². The number of nitrogens with zero attached hydrogens (tertiary/aromatic N) is 2. The van der Waals surface area contributed by atoms with Crippen molar-refractivity contribution in [2.24, 2.45) is 10.9 Å². The molecule has 8 heteroatoms. The zero-order chi connectivity index (χ0) is 20.9. The van der Waals surface area contributed by atoms with Gasteiger partial charge in [-0.1, -0.05) is 25.0 Å². The molecule has 1 saturated carbocycles. The Morgan fingerprint density at radius 2 is 2.00 bits per heavy atom. The monoisotopic (exact) mass is 531 g/mol. The van der Waals surface area contributed by atoms with Crippen LogP contribution in [0.5, 0.6) is 0 Å². The van der Waals surface area contributed by atoms with Crippen LogP contribution < -0.4 is 16.0 Å². The lowest BCUT2D eigenvalue weighted by Gasteiger charge is -2.18. The topological polar surface area (TPSA) is 78.0 Å². The number of rotatable bonds is 11. The second kappa shape index (κ2) is 15.4. The van der Waals surface area contributed by atoms with Crippen LogP contribution in [0.4, 0.5) is 5.69 Å². The highest BCUT2D eigenvalue weighted by atomic mass is 127. The number of ether oxygens (including phenoxy) is 1. The molecule has 0 aromatic heterocycles. The largest absolute Gasteiger partial charge is 0.385 e. The molecule has 0 spiro atoms. The number of carbonyl (C=O) groups is 1. The van der Waals surface area contributed by atoms with Gasteiger partial charge in [0.15, 0.2) is 5.96 Å². The molecule has 0 heterocycles. The minimum Gasteiger partial charge on any atom is -0.385 e. The lowest BCUT2D eigenvalue weighted by Crippen LogP contribution is -2.40. The minimum atomic E-state index is 0. The number of aliphatic imine (C=N–C) groups is 1. The van der Waals surface area contributed by atoms with Gasteiger partial charge in [-0.05, 0) is 44.0 Å². The molecular weight excluding hydrogens is 493 g/mol. The van der Waals surface area contributed by atoms with Crippen molar-refractivity contribution in [3.05, 3.63) is 29.8 Å². The number of anilines is 1. The van der Waals surface area contributed by atoms with Gasteiger partial charge in [0.1, 0.15) is 0 Å². The Morgan fingerprint density at radius 1 is 1.23 bits per heavy atom. The molecule has 0 bridgehead atoms. The van der Waals surface area contributed by atoms with Crippen molar-refractivity contribution in [2.45, 2.75) is 38.6 Å². The third-order valence-corrected chi connectivity index (χ3v) is 5.28. The van der Waals surface area contributed by atoms with Crippen LogP contribution in [-0.4, -0.2) is 64.2 Å². The number of methoxy groups -OCH3 is 1. The highest BCUT2D eigenvalue weighted by Gasteiger charge is 2.22. The van der Waals surface area contributed by atoms with Crippen molar-refractivity contribution in [1.82, 2.24) is 15.5 Å². The average molecular weight is 531 g/mol. The number of carbonyl (C=O) groups excluding carboxylic acids is 1. The predicted molar refractivity (Wildman–Crippen MR) is 135 cm³/mol. The van der Waals surface area contributed by atoms with Gasteiger partial charge in [0, 0.05) is 58.5 Å². The maximum absolute atomic E-state index is 12.3. The van der Waals surface area contributed by atoms with Gasteiger partial charge in [-0.25, -0.2) is 0 Å². The summed E-state index contributed by atoms with van der Waals surface area (Å²) in [5.41, 5.74) is 1.97. The van der Waals surface area contributed by atoms with Crippen LogP contribution in [0, 0.1) is 5.92 Å². The van der Waals surface area contributed by atoms with Gasteiger partial charge in [0.2, 0.25) is 5.91 Å². The highest BCUT2D eigenvalue weighted by molar-refractivity contribution is 14.0. The predicted octanol–water partition coefficient (Wildman–Crippen LogP) is 3.07. The van der Waals surface area contributed by atoms with Gasteiger partial charge in [-0.15, -0.1) is 24.0 Å². The van der Waals surface area contributed by atoms with E-state index in [4.69, 9.17) is 4.74 Å². The van der Waals surface area contributed by atoms with Gasteiger partial charge >= 0.3 is 0 Å². The van der Waals surface area contributed by atoms with E-state index in [1.807, 2.05) is 18.2 Å². The summed E-state index contributed by atoms with van der Waals surface area (Å²) in [5.74, 6) is 1.10. The van der Waals surface area contributed by atoms with Gasteiger partial charge in [0.25, 0.3) is 0 Å². The van der Waals surface area contributed by atoms with Gasteiger partial charge in [0.05, 0.1) is 0 Å². The fraction of sp³-hybridized carbons (Fsp3) is 0.636. The molecule has 1 fully saturated rings. The second-order valence-corrected chi connectivity index (χ2v) is 7.67. The molecule has 0 radical (unpaired) electrons. The highest BCUT2D eigenvalue weighted by Crippen LogP contribution is 2.26. The van der Waals surface area contributed by atoms with E-state index >= 15 is 0 Å². The Kier molecular flexibility index (Phi) is 13.7. The number of guanidine groups is 1. The molecule has 1 aliphatic carbocycles. The molecule has 170 valence electrons. The van der Waals surface area contributed by atoms with Crippen LogP contribution in [0.15, 0.2) is 29.3 Å². The fourth-order valence-corrected chi connectivity index (χ4v) is 3.55. The summed E-state index contributed by atoms with van der Waals surface area (Å²) >= 11 is 0. The van der Waals surface area contributed by atoms with Crippen molar-refractivity contribution in [1.29, 1.82) is 0 Å². The summed E-state index contributed by atoms with van der Waals surface area (Å²) in [5, 5.41) is 9.74. The van der Waals surface area contributed by atoms with E-state index < -0.39 is 0 Å². The summed E-state index contributed by atoms with van der Waals surface area (Å²) in [4.78, 5) is 18.9. The van der Waals surface area contributed by atoms with Gasteiger partial charge < -0.3 is 25.6 Å². The molecule has 1 aromatic carbocycles. The van der Waals surface area contributed by atoms with E-state index in [-0.39, 0.29) is 35.8 Å². The molecule has 3 N–H and O–H groups in total. The molecule has 1 aromatic rings. The minimum absolute atomic E-state index is 0. The summed E-state index contributed by atoms with van der Waals surface area (Å²) in [6, 6.07) is 8.00. The third-order valence-electron chi connectivity index (χ3n) is 5.28. The quantitative estimate of drug-likeness (QED) is 0.177. The van der Waals surface area contributed by atoms with Crippen LogP contribution >= 0.6 is 24.0 Å². The lowest BCUT2D eigenvalue weighted by molar-refractivity contribution is -0.119. The number of halogens is 1. The summed E-state index contributed by atoms with van der Waals surface area (Å²) in [7, 11) is 5.62. The van der Waals surface area contributed by atoms with Gasteiger partial charge in [-0.3, -0.25) is 9.79 Å². The number of hydrogen-bond donors (Lipinski definition) is 3. The maximum Gasteiger partial charge on any atom is 0.227 e. The number of nitrogens with one attached hydrogen (secondary N) is 3. The third kappa shape index (κ3) is 10.1. The van der Waals surface area contributed by atoms with Crippen LogP contribution in [0.1, 0.15) is 37.7 Å². The number of amides is 1. The smallest absolute Gasteiger partial charge is 0.227 e. The number of hydrogen-bond acceptors (Lipinski definition) is 4. The lowest BCUT2D eigenvalue weighted by atomic mass is 10.1. The molecule has 0 atom stereocenters. The first-order chi connectivity index (χ1) is 14.1. The molecule has 30 heavy (non-hydrogen) atoms. The van der Waals surface area contributed by atoms with Crippen LogP contribution in [0.3, 0.4) is 0 Å². The van der Waals surface area contributed by atoms with Crippen LogP contribution in [0.25, 0.3) is 0 Å². The Morgan fingerprint density at radius 3 is 2.70 bits per heavy atom. The molecule has 0 aliphatic heterocycles. The Hall–Kier alpha value is -1.39. The zero-order valence-corrected chi connectivity index (χ0v) is 20.9. The van der Waals surface area contributed by atoms with Gasteiger partial charge in [-0.2, -0.15) is 0 Å². The van der Waals surface area contributed by atoms with Crippen molar-refractivity contribution in [2.75, 3.05) is 52.8 Å². The average Bonchev–Trinajstić information content (AvgIpc) is 3.26. The van der Waals surface area contributed by atoms with E-state index in [9.17, 15) is 4.79 Å².